The van der Waals surface area contributed by atoms with Gasteiger partial charge in [0.1, 0.15) is 6.67 Å². The molecule has 0 spiro atoms. The standard InChI is InChI=1S/C18H32FN5O6S/c1-24(8-4-13(20)10-19)17(28)12-31-9-5-15(26)21-6-7-22-16(27)11-23-14(25)2-3-18(29)30/h13H,2-12,20H2,1H3,(H,21,26)(H,22,27)(H,23,25)(H,29,30). The molecule has 0 aromatic heterocycles. The molecule has 6 N–H and O–H groups in total. The minimum absolute atomic E-state index is 0.116. The Kier molecular flexibility index (Phi) is 15.9. The molecular weight excluding hydrogens is 433 g/mol. The Morgan fingerprint density at radius 2 is 1.61 bits per heavy atom. The van der Waals surface area contributed by atoms with Crippen molar-refractivity contribution in [2.45, 2.75) is 31.7 Å². The molecule has 0 radical (unpaired) electrons. The van der Waals surface area contributed by atoms with Crippen molar-refractivity contribution < 1.29 is 33.5 Å². The van der Waals surface area contributed by atoms with E-state index in [4.69, 9.17) is 10.8 Å². The Labute approximate surface area is 185 Å². The second-order valence-electron chi connectivity index (χ2n) is 6.69. The highest BCUT2D eigenvalue weighted by molar-refractivity contribution is 7.99. The predicted octanol–water partition coefficient (Wildman–Crippen LogP) is -1.53. The number of alkyl halides is 1. The summed E-state index contributed by atoms with van der Waals surface area (Å²) >= 11 is 1.31. The Balaban J connectivity index is 3.71. The number of carboxylic acids is 1. The molecule has 0 aromatic rings. The molecule has 0 aliphatic carbocycles. The lowest BCUT2D eigenvalue weighted by Gasteiger charge is -2.18. The van der Waals surface area contributed by atoms with Crippen LogP contribution in [-0.4, -0.2) is 97.1 Å². The maximum atomic E-state index is 12.3. The number of hydrogen-bond donors (Lipinski definition) is 5. The number of carboxylic acid groups (broad SMARTS) is 1. The molecule has 0 rings (SSSR count). The van der Waals surface area contributed by atoms with Gasteiger partial charge in [0.25, 0.3) is 0 Å². The Hall–Kier alpha value is -2.41. The van der Waals surface area contributed by atoms with E-state index < -0.39 is 30.5 Å². The first-order chi connectivity index (χ1) is 14.6. The average molecular weight is 466 g/mol. The molecule has 0 heterocycles. The van der Waals surface area contributed by atoms with Crippen molar-refractivity contribution in [3.63, 3.8) is 0 Å². The number of nitrogens with zero attached hydrogens (tertiary/aromatic N) is 1. The lowest BCUT2D eigenvalue weighted by Crippen LogP contribution is -2.40. The van der Waals surface area contributed by atoms with E-state index in [1.807, 2.05) is 0 Å². The first kappa shape index (κ1) is 28.6. The number of nitrogens with one attached hydrogen (secondary N) is 3. The van der Waals surface area contributed by atoms with Gasteiger partial charge in [-0.15, -0.1) is 0 Å². The largest absolute Gasteiger partial charge is 0.481 e. The molecule has 178 valence electrons. The fraction of sp³-hybridized carbons (Fsp3) is 0.722. The second kappa shape index (κ2) is 17.3. The summed E-state index contributed by atoms with van der Waals surface area (Å²) in [6.07, 6.45) is 0.0884. The van der Waals surface area contributed by atoms with Crippen LogP contribution >= 0.6 is 11.8 Å². The summed E-state index contributed by atoms with van der Waals surface area (Å²) < 4.78 is 12.3. The molecule has 1 atom stereocenters. The van der Waals surface area contributed by atoms with Crippen molar-refractivity contribution in [3.05, 3.63) is 0 Å². The van der Waals surface area contributed by atoms with Crippen LogP contribution in [0.5, 0.6) is 0 Å². The highest BCUT2D eigenvalue weighted by Gasteiger charge is 2.11. The monoisotopic (exact) mass is 465 g/mol. The van der Waals surface area contributed by atoms with Crippen LogP contribution in [0.25, 0.3) is 0 Å². The number of rotatable bonds is 17. The zero-order valence-corrected chi connectivity index (χ0v) is 18.5. The van der Waals surface area contributed by atoms with Gasteiger partial charge >= 0.3 is 5.97 Å². The highest BCUT2D eigenvalue weighted by atomic mass is 32.2. The minimum Gasteiger partial charge on any atom is -0.481 e. The van der Waals surface area contributed by atoms with Crippen LogP contribution in [0.4, 0.5) is 4.39 Å². The third kappa shape index (κ3) is 17.0. The van der Waals surface area contributed by atoms with E-state index in [-0.39, 0.29) is 56.5 Å². The summed E-state index contributed by atoms with van der Waals surface area (Å²) in [5.41, 5.74) is 5.47. The molecule has 11 nitrogen and oxygen atoms in total. The smallest absolute Gasteiger partial charge is 0.303 e. The second-order valence-corrected chi connectivity index (χ2v) is 7.80. The molecule has 0 aliphatic heterocycles. The molecule has 31 heavy (non-hydrogen) atoms. The summed E-state index contributed by atoms with van der Waals surface area (Å²) in [5, 5.41) is 15.9. The molecule has 13 heteroatoms. The summed E-state index contributed by atoms with van der Waals surface area (Å²) in [4.78, 5) is 58.3. The average Bonchev–Trinajstić information content (AvgIpc) is 2.74. The maximum absolute atomic E-state index is 12.3. The Bertz CT molecular complexity index is 610. The van der Waals surface area contributed by atoms with Crippen molar-refractivity contribution in [3.8, 4) is 0 Å². The van der Waals surface area contributed by atoms with Crippen LogP contribution in [0.2, 0.25) is 0 Å². The first-order valence-corrected chi connectivity index (χ1v) is 11.0. The SMILES string of the molecule is CN(CCC(N)CF)C(=O)CSCCC(=O)NCCNC(=O)CNC(=O)CCC(=O)O. The molecule has 0 saturated carbocycles. The molecule has 0 aliphatic rings. The number of aliphatic carboxylic acids is 1. The normalized spacial score (nSPS) is 11.3. The molecule has 4 amide bonds. The third-order valence-corrected chi connectivity index (χ3v) is 4.88. The molecule has 1 unspecified atom stereocenters. The van der Waals surface area contributed by atoms with Crippen LogP contribution in [0.3, 0.4) is 0 Å². The van der Waals surface area contributed by atoms with E-state index in [0.717, 1.165) is 0 Å². The quantitative estimate of drug-likeness (QED) is 0.161. The number of nitrogens with two attached hydrogens (primary N) is 1. The van der Waals surface area contributed by atoms with Crippen molar-refractivity contribution in [1.29, 1.82) is 0 Å². The van der Waals surface area contributed by atoms with Crippen molar-refractivity contribution in [2.75, 3.05) is 51.4 Å². The predicted molar refractivity (Wildman–Crippen MR) is 114 cm³/mol. The molecule has 0 aromatic carbocycles. The van der Waals surface area contributed by atoms with Crippen LogP contribution < -0.4 is 21.7 Å². The maximum Gasteiger partial charge on any atom is 0.303 e. The fourth-order valence-corrected chi connectivity index (χ4v) is 2.91. The van der Waals surface area contributed by atoms with Crippen LogP contribution in [-0.2, 0) is 24.0 Å². The van der Waals surface area contributed by atoms with Gasteiger partial charge in [0, 0.05) is 51.3 Å². The number of thioether (sulfide) groups is 1. The van der Waals surface area contributed by atoms with Crippen LogP contribution in [0.15, 0.2) is 0 Å². The van der Waals surface area contributed by atoms with Gasteiger partial charge in [-0.05, 0) is 6.42 Å². The summed E-state index contributed by atoms with van der Waals surface area (Å²) in [7, 11) is 1.62. The lowest BCUT2D eigenvalue weighted by atomic mass is 10.2. The first-order valence-electron chi connectivity index (χ1n) is 9.80. The van der Waals surface area contributed by atoms with Crippen LogP contribution in [0.1, 0.15) is 25.7 Å². The number of carbonyl (C=O) groups is 5. The lowest BCUT2D eigenvalue weighted by molar-refractivity contribution is -0.138. The van der Waals surface area contributed by atoms with E-state index in [9.17, 15) is 28.4 Å². The minimum atomic E-state index is -1.09. The van der Waals surface area contributed by atoms with Gasteiger partial charge in [0.15, 0.2) is 0 Å². The van der Waals surface area contributed by atoms with Gasteiger partial charge in [0.2, 0.25) is 23.6 Å². The molecule has 0 fully saturated rings. The van der Waals surface area contributed by atoms with Crippen LogP contribution in [0, 0.1) is 0 Å². The summed E-state index contributed by atoms with van der Waals surface area (Å²) in [6.45, 7) is -0.139. The Morgan fingerprint density at radius 1 is 1.00 bits per heavy atom. The van der Waals surface area contributed by atoms with Crippen molar-refractivity contribution in [1.82, 2.24) is 20.9 Å². The third-order valence-electron chi connectivity index (χ3n) is 3.94. The van der Waals surface area contributed by atoms with Crippen molar-refractivity contribution in [2.24, 2.45) is 5.73 Å². The van der Waals surface area contributed by atoms with Gasteiger partial charge in [-0.25, -0.2) is 4.39 Å². The zero-order valence-electron chi connectivity index (χ0n) is 17.7. The van der Waals surface area contributed by atoms with E-state index in [1.165, 1.54) is 16.7 Å². The van der Waals surface area contributed by atoms with Gasteiger partial charge < -0.3 is 31.7 Å². The molecule has 0 saturated heterocycles. The zero-order chi connectivity index (χ0) is 23.6. The molecule has 0 bridgehead atoms. The Morgan fingerprint density at radius 3 is 2.23 bits per heavy atom. The number of hydrogen-bond acceptors (Lipinski definition) is 7. The van der Waals surface area contributed by atoms with Gasteiger partial charge in [0.05, 0.1) is 18.7 Å². The van der Waals surface area contributed by atoms with E-state index in [0.29, 0.717) is 18.7 Å². The summed E-state index contributed by atoms with van der Waals surface area (Å²) in [5.74, 6) is -1.76. The van der Waals surface area contributed by atoms with E-state index >= 15 is 0 Å². The van der Waals surface area contributed by atoms with Gasteiger partial charge in [-0.3, -0.25) is 24.0 Å². The summed E-state index contributed by atoms with van der Waals surface area (Å²) in [6, 6.07) is -0.570. The van der Waals surface area contributed by atoms with E-state index in [2.05, 4.69) is 16.0 Å². The number of carbonyl (C=O) groups excluding carboxylic acids is 4. The number of halogens is 1. The molecular formula is C18H32FN5O6S. The number of amides is 4. The van der Waals surface area contributed by atoms with E-state index in [1.54, 1.807) is 7.05 Å². The van der Waals surface area contributed by atoms with Gasteiger partial charge in [-0.1, -0.05) is 0 Å². The topological polar surface area (TPSA) is 171 Å². The van der Waals surface area contributed by atoms with Crippen molar-refractivity contribution >= 4 is 41.4 Å². The fourth-order valence-electron chi connectivity index (χ4n) is 2.04. The highest BCUT2D eigenvalue weighted by Crippen LogP contribution is 2.05. The van der Waals surface area contributed by atoms with Gasteiger partial charge in [-0.2, -0.15) is 11.8 Å².